The lowest BCUT2D eigenvalue weighted by Crippen LogP contribution is -1.98. The van der Waals surface area contributed by atoms with Crippen molar-refractivity contribution in [3.63, 3.8) is 0 Å². The summed E-state index contributed by atoms with van der Waals surface area (Å²) in [6.07, 6.45) is 7.74. The van der Waals surface area contributed by atoms with E-state index < -0.39 is 0 Å². The number of allylic oxidation sites excluding steroid dienone is 4. The predicted octanol–water partition coefficient (Wildman–Crippen LogP) is 5.01. The molecule has 0 N–H and O–H groups in total. The highest BCUT2D eigenvalue weighted by atomic mass is 35.5. The van der Waals surface area contributed by atoms with Crippen LogP contribution in [0.15, 0.2) is 53.9 Å². The van der Waals surface area contributed by atoms with E-state index in [2.05, 4.69) is 58.9 Å². The molecule has 3 heteroatoms. The highest BCUT2D eigenvalue weighted by molar-refractivity contribution is 7.10. The van der Waals surface area contributed by atoms with Gasteiger partial charge < -0.3 is 0 Å². The van der Waals surface area contributed by atoms with E-state index in [4.69, 9.17) is 11.6 Å². The predicted molar refractivity (Wildman–Crippen MR) is 82.6 cm³/mol. The smallest absolute Gasteiger partial charge is 0.108 e. The molecule has 0 amide bonds. The molecule has 0 bridgehead atoms. The van der Waals surface area contributed by atoms with Gasteiger partial charge in [0.05, 0.1) is 11.6 Å². The second kappa shape index (κ2) is 5.72. The van der Waals surface area contributed by atoms with Crippen molar-refractivity contribution >= 4 is 28.5 Å². The van der Waals surface area contributed by atoms with E-state index in [0.29, 0.717) is 11.8 Å². The number of hydrogen-bond acceptors (Lipinski definition) is 2. The Labute approximate surface area is 122 Å². The molecule has 0 radical (unpaired) electrons. The van der Waals surface area contributed by atoms with Crippen molar-refractivity contribution in [3.8, 4) is 0 Å². The molecule has 1 aromatic carbocycles. The maximum absolute atomic E-state index is 5.79. The van der Waals surface area contributed by atoms with Crippen molar-refractivity contribution in [1.29, 1.82) is 0 Å². The number of aromatic nitrogens is 1. The molecule has 3 rings (SSSR count). The average Bonchev–Trinajstić information content (AvgIpc) is 2.97. The Bertz CT molecular complexity index is 613. The lowest BCUT2D eigenvalue weighted by Gasteiger charge is -2.15. The molecule has 1 unspecified atom stereocenters. The van der Waals surface area contributed by atoms with Gasteiger partial charge in [-0.1, -0.05) is 48.6 Å². The van der Waals surface area contributed by atoms with E-state index in [1.54, 1.807) is 11.3 Å². The fourth-order valence-electron chi connectivity index (χ4n) is 2.26. The Morgan fingerprint density at radius 1 is 1.26 bits per heavy atom. The lowest BCUT2D eigenvalue weighted by atomic mass is 9.90. The van der Waals surface area contributed by atoms with Gasteiger partial charge in [0.15, 0.2) is 0 Å². The first-order valence-electron chi connectivity index (χ1n) is 6.31. The van der Waals surface area contributed by atoms with Gasteiger partial charge in [0.25, 0.3) is 0 Å². The average molecular weight is 288 g/mol. The van der Waals surface area contributed by atoms with Gasteiger partial charge in [0.2, 0.25) is 0 Å². The maximum Gasteiger partial charge on any atom is 0.108 e. The summed E-state index contributed by atoms with van der Waals surface area (Å²) >= 11 is 7.42. The summed E-state index contributed by atoms with van der Waals surface area (Å²) in [7, 11) is 0. The molecule has 19 heavy (non-hydrogen) atoms. The van der Waals surface area contributed by atoms with E-state index in [1.807, 2.05) is 0 Å². The molecule has 0 saturated carbocycles. The van der Waals surface area contributed by atoms with Gasteiger partial charge in [-0.2, -0.15) is 0 Å². The van der Waals surface area contributed by atoms with Crippen molar-refractivity contribution < 1.29 is 0 Å². The molecule has 1 aromatic heterocycles. The summed E-state index contributed by atoms with van der Waals surface area (Å²) in [4.78, 5) is 4.52. The fraction of sp³-hybridized carbons (Fsp3) is 0.188. The lowest BCUT2D eigenvalue weighted by molar-refractivity contribution is 0.856. The van der Waals surface area contributed by atoms with E-state index >= 15 is 0 Å². The molecule has 0 saturated heterocycles. The Morgan fingerprint density at radius 2 is 2.11 bits per heavy atom. The van der Waals surface area contributed by atoms with Gasteiger partial charge in [0, 0.05) is 11.3 Å². The Hall–Kier alpha value is -1.38. The van der Waals surface area contributed by atoms with E-state index in [9.17, 15) is 0 Å². The van der Waals surface area contributed by atoms with Crippen LogP contribution >= 0.6 is 22.9 Å². The zero-order chi connectivity index (χ0) is 13.1. The maximum atomic E-state index is 5.79. The number of nitrogens with zero attached hydrogens (tertiary/aromatic N) is 1. The van der Waals surface area contributed by atoms with Gasteiger partial charge in [-0.15, -0.1) is 22.9 Å². The molecule has 2 aromatic rings. The molecule has 96 valence electrons. The highest BCUT2D eigenvalue weighted by Gasteiger charge is 2.13. The minimum absolute atomic E-state index is 0.482. The van der Waals surface area contributed by atoms with Crippen LogP contribution < -0.4 is 0 Å². The number of hydrogen-bond donors (Lipinski definition) is 0. The van der Waals surface area contributed by atoms with Crippen molar-refractivity contribution in [2.45, 2.75) is 18.2 Å². The molecule has 0 fully saturated rings. The minimum atomic E-state index is 0.482. The van der Waals surface area contributed by atoms with Gasteiger partial charge in [-0.25, -0.2) is 4.98 Å². The van der Waals surface area contributed by atoms with Crippen molar-refractivity contribution in [2.24, 2.45) is 0 Å². The van der Waals surface area contributed by atoms with Crippen molar-refractivity contribution in [3.05, 3.63) is 70.2 Å². The first kappa shape index (κ1) is 12.6. The zero-order valence-corrected chi connectivity index (χ0v) is 12.0. The van der Waals surface area contributed by atoms with Crippen LogP contribution in [0.25, 0.3) is 5.57 Å². The Kier molecular flexibility index (Phi) is 3.81. The van der Waals surface area contributed by atoms with E-state index in [0.717, 1.165) is 17.1 Å². The third kappa shape index (κ3) is 2.80. The monoisotopic (exact) mass is 287 g/mol. The molecule has 0 spiro atoms. The number of halogens is 1. The largest absolute Gasteiger partial charge is 0.240 e. The third-order valence-corrected chi connectivity index (χ3v) is 4.55. The van der Waals surface area contributed by atoms with Crippen LogP contribution in [0, 0.1) is 0 Å². The Balaban J connectivity index is 1.76. The minimum Gasteiger partial charge on any atom is -0.240 e. The number of thiazole rings is 1. The molecule has 1 atom stereocenters. The first-order valence-corrected chi connectivity index (χ1v) is 7.72. The number of rotatable bonds is 3. The molecular formula is C16H14ClNS. The number of benzene rings is 1. The van der Waals surface area contributed by atoms with Crippen LogP contribution in [0.3, 0.4) is 0 Å². The highest BCUT2D eigenvalue weighted by Crippen LogP contribution is 2.30. The normalized spacial score (nSPS) is 18.4. The van der Waals surface area contributed by atoms with Crippen LogP contribution in [0.4, 0.5) is 0 Å². The van der Waals surface area contributed by atoms with Gasteiger partial charge in [-0.05, 0) is 17.6 Å². The molecule has 0 aliphatic heterocycles. The molecule has 1 aliphatic carbocycles. The summed E-state index contributed by atoms with van der Waals surface area (Å²) < 4.78 is 0. The molecule has 1 aliphatic rings. The van der Waals surface area contributed by atoms with Crippen LogP contribution in [0.1, 0.15) is 28.6 Å². The standard InChI is InChI=1S/C16H14ClNS/c17-10-16-18-15(11-19-16)14-8-6-13(7-9-14)12-4-2-1-3-5-12/h1-6,8-9,11,13H,7,10H2. The summed E-state index contributed by atoms with van der Waals surface area (Å²) in [6, 6.07) is 10.6. The van der Waals surface area contributed by atoms with Crippen molar-refractivity contribution in [1.82, 2.24) is 4.98 Å². The summed E-state index contributed by atoms with van der Waals surface area (Å²) in [6.45, 7) is 0. The van der Waals surface area contributed by atoms with E-state index in [-0.39, 0.29) is 0 Å². The topological polar surface area (TPSA) is 12.9 Å². The second-order valence-electron chi connectivity index (χ2n) is 4.53. The van der Waals surface area contributed by atoms with Crippen LogP contribution in [-0.4, -0.2) is 4.98 Å². The Morgan fingerprint density at radius 3 is 2.74 bits per heavy atom. The summed E-state index contributed by atoms with van der Waals surface area (Å²) in [5.74, 6) is 0.977. The summed E-state index contributed by atoms with van der Waals surface area (Å²) in [5.41, 5.74) is 3.62. The fourth-order valence-corrected chi connectivity index (χ4v) is 3.16. The van der Waals surface area contributed by atoms with Crippen LogP contribution in [0.2, 0.25) is 0 Å². The van der Waals surface area contributed by atoms with Crippen molar-refractivity contribution in [2.75, 3.05) is 0 Å². The summed E-state index contributed by atoms with van der Waals surface area (Å²) in [5, 5.41) is 3.06. The van der Waals surface area contributed by atoms with Crippen LogP contribution in [0.5, 0.6) is 0 Å². The number of alkyl halides is 1. The van der Waals surface area contributed by atoms with Gasteiger partial charge in [0.1, 0.15) is 5.01 Å². The van der Waals surface area contributed by atoms with Gasteiger partial charge in [-0.3, -0.25) is 0 Å². The third-order valence-electron chi connectivity index (χ3n) is 3.29. The molecule has 1 nitrogen and oxygen atoms in total. The van der Waals surface area contributed by atoms with E-state index in [1.165, 1.54) is 11.1 Å². The zero-order valence-electron chi connectivity index (χ0n) is 10.4. The van der Waals surface area contributed by atoms with Crippen LogP contribution in [-0.2, 0) is 5.88 Å². The van der Waals surface area contributed by atoms with Gasteiger partial charge >= 0.3 is 0 Å². The SMILES string of the molecule is ClCc1nc(C2=CCC(c3ccccc3)C=C2)cs1. The molecule has 1 heterocycles. The first-order chi connectivity index (χ1) is 9.36. The second-order valence-corrected chi connectivity index (χ2v) is 5.74. The quantitative estimate of drug-likeness (QED) is 0.723. The molecular weight excluding hydrogens is 274 g/mol.